The lowest BCUT2D eigenvalue weighted by atomic mass is 10.2. The van der Waals surface area contributed by atoms with E-state index in [1.165, 1.54) is 35.8 Å². The van der Waals surface area contributed by atoms with Gasteiger partial charge in [0, 0.05) is 11.6 Å². The number of nitrogens with zero attached hydrogens (tertiary/aromatic N) is 1. The third-order valence-electron chi connectivity index (χ3n) is 3.28. The number of alkyl halides is 2. The van der Waals surface area contributed by atoms with Crippen molar-refractivity contribution >= 4 is 23.3 Å². The zero-order valence-corrected chi connectivity index (χ0v) is 14.2. The summed E-state index contributed by atoms with van der Waals surface area (Å²) in [5.74, 6) is 0.110. The van der Waals surface area contributed by atoms with Gasteiger partial charge in [-0.3, -0.25) is 4.79 Å². The molecule has 0 fully saturated rings. The minimum absolute atomic E-state index is 0.00337. The van der Waals surface area contributed by atoms with E-state index < -0.39 is 12.5 Å². The Labute approximate surface area is 151 Å². The van der Waals surface area contributed by atoms with Crippen LogP contribution in [0.15, 0.2) is 58.5 Å². The highest BCUT2D eigenvalue weighted by Crippen LogP contribution is 2.23. The van der Waals surface area contributed by atoms with E-state index in [1.54, 1.807) is 18.2 Å². The lowest BCUT2D eigenvalue weighted by Crippen LogP contribution is -2.20. The smallest absolute Gasteiger partial charge is 0.387 e. The fourth-order valence-electron chi connectivity index (χ4n) is 2.13. The van der Waals surface area contributed by atoms with Crippen LogP contribution < -0.4 is 10.1 Å². The quantitative estimate of drug-likeness (QED) is 0.623. The molecule has 0 saturated heterocycles. The number of halogens is 2. The molecule has 1 aromatic carbocycles. The number of carbonyl (C=O) groups is 1. The van der Waals surface area contributed by atoms with Gasteiger partial charge in [0.25, 0.3) is 0 Å². The van der Waals surface area contributed by atoms with Gasteiger partial charge in [0.1, 0.15) is 12.0 Å². The van der Waals surface area contributed by atoms with Crippen LogP contribution in [0.4, 0.5) is 8.78 Å². The third-order valence-corrected chi connectivity index (χ3v) is 4.13. The Bertz CT molecular complexity index is 891. The van der Waals surface area contributed by atoms with Crippen molar-refractivity contribution in [2.75, 3.05) is 0 Å². The number of ether oxygens (including phenoxy) is 1. The lowest BCUT2D eigenvalue weighted by Gasteiger charge is -2.07. The summed E-state index contributed by atoms with van der Waals surface area (Å²) in [6, 6.07) is 10.0. The SMILES string of the molecule is O=C(/C=C/c1ccccc1OC(F)F)NCc1coc(-c2cccs2)n1. The van der Waals surface area contributed by atoms with Gasteiger partial charge in [0.15, 0.2) is 0 Å². The number of rotatable bonds is 7. The first kappa shape index (κ1) is 17.8. The van der Waals surface area contributed by atoms with Crippen LogP contribution in [0.1, 0.15) is 11.3 Å². The summed E-state index contributed by atoms with van der Waals surface area (Å²) in [6.07, 6.45) is 4.13. The van der Waals surface area contributed by atoms with E-state index in [0.29, 0.717) is 17.1 Å². The van der Waals surface area contributed by atoms with Gasteiger partial charge < -0.3 is 14.5 Å². The standard InChI is InChI=1S/C18H14F2N2O3S/c19-18(20)25-14-5-2-1-4-12(14)7-8-16(23)21-10-13-11-24-17(22-13)15-6-3-9-26-15/h1-9,11,18H,10H2,(H,21,23)/b8-7+. The summed E-state index contributed by atoms with van der Waals surface area (Å²) in [5, 5.41) is 4.57. The van der Waals surface area contributed by atoms with E-state index in [2.05, 4.69) is 15.0 Å². The Hall–Kier alpha value is -3.00. The van der Waals surface area contributed by atoms with Gasteiger partial charge in [-0.2, -0.15) is 8.78 Å². The second kappa shape index (κ2) is 8.39. The molecule has 0 bridgehead atoms. The number of amides is 1. The Kier molecular flexibility index (Phi) is 5.75. The molecule has 26 heavy (non-hydrogen) atoms. The van der Waals surface area contributed by atoms with Gasteiger partial charge in [-0.25, -0.2) is 4.98 Å². The molecule has 3 aromatic rings. The van der Waals surface area contributed by atoms with Crippen LogP contribution in [0, 0.1) is 0 Å². The van der Waals surface area contributed by atoms with Crippen LogP contribution in [0.25, 0.3) is 16.8 Å². The first-order chi connectivity index (χ1) is 12.6. The number of carbonyl (C=O) groups excluding carboxylic acids is 1. The second-order valence-electron chi connectivity index (χ2n) is 5.09. The van der Waals surface area contributed by atoms with Crippen molar-refractivity contribution in [2.45, 2.75) is 13.2 Å². The summed E-state index contributed by atoms with van der Waals surface area (Å²) >= 11 is 1.50. The molecule has 0 spiro atoms. The monoisotopic (exact) mass is 376 g/mol. The zero-order chi connectivity index (χ0) is 18.4. The summed E-state index contributed by atoms with van der Waals surface area (Å²) in [7, 11) is 0. The predicted octanol–water partition coefficient (Wildman–Crippen LogP) is 4.33. The van der Waals surface area contributed by atoms with Crippen LogP contribution in [-0.2, 0) is 11.3 Å². The first-order valence-electron chi connectivity index (χ1n) is 7.60. The summed E-state index contributed by atoms with van der Waals surface area (Å²) in [6.45, 7) is -2.74. The molecule has 0 radical (unpaired) electrons. The number of hydrogen-bond donors (Lipinski definition) is 1. The summed E-state index contributed by atoms with van der Waals surface area (Å²) < 4.78 is 34.5. The highest BCUT2D eigenvalue weighted by Gasteiger charge is 2.09. The second-order valence-corrected chi connectivity index (χ2v) is 6.04. The fourth-order valence-corrected chi connectivity index (χ4v) is 2.78. The summed E-state index contributed by atoms with van der Waals surface area (Å²) in [4.78, 5) is 17.1. The Balaban J connectivity index is 1.57. The van der Waals surface area contributed by atoms with Crippen molar-refractivity contribution in [3.63, 3.8) is 0 Å². The largest absolute Gasteiger partial charge is 0.443 e. The molecule has 3 rings (SSSR count). The van der Waals surface area contributed by atoms with Gasteiger partial charge in [-0.05, 0) is 23.6 Å². The fraction of sp³-hybridized carbons (Fsp3) is 0.111. The Morgan fingerprint density at radius 2 is 2.15 bits per heavy atom. The van der Waals surface area contributed by atoms with Crippen molar-refractivity contribution in [3.8, 4) is 16.5 Å². The average Bonchev–Trinajstić information content (AvgIpc) is 3.30. The van der Waals surface area contributed by atoms with Crippen LogP contribution >= 0.6 is 11.3 Å². The maximum absolute atomic E-state index is 12.4. The average molecular weight is 376 g/mol. The number of para-hydroxylation sites is 1. The van der Waals surface area contributed by atoms with Crippen LogP contribution in [0.3, 0.4) is 0 Å². The highest BCUT2D eigenvalue weighted by molar-refractivity contribution is 7.13. The number of oxazole rings is 1. The third kappa shape index (κ3) is 4.76. The van der Waals surface area contributed by atoms with Crippen LogP contribution in [0.5, 0.6) is 5.75 Å². The number of benzene rings is 1. The van der Waals surface area contributed by atoms with Crippen molar-refractivity contribution in [1.29, 1.82) is 0 Å². The molecular weight excluding hydrogens is 362 g/mol. The van der Waals surface area contributed by atoms with E-state index in [-0.39, 0.29) is 12.3 Å². The van der Waals surface area contributed by atoms with Crippen molar-refractivity contribution in [1.82, 2.24) is 10.3 Å². The highest BCUT2D eigenvalue weighted by atomic mass is 32.1. The molecule has 0 unspecified atom stereocenters. The zero-order valence-electron chi connectivity index (χ0n) is 13.4. The van der Waals surface area contributed by atoms with Gasteiger partial charge in [-0.15, -0.1) is 11.3 Å². The maximum atomic E-state index is 12.4. The number of hydrogen-bond acceptors (Lipinski definition) is 5. The molecule has 0 saturated carbocycles. The number of aromatic nitrogens is 1. The molecule has 134 valence electrons. The number of thiophene rings is 1. The first-order valence-corrected chi connectivity index (χ1v) is 8.48. The molecular formula is C18H14F2N2O3S. The molecule has 0 atom stereocenters. The van der Waals surface area contributed by atoms with E-state index in [4.69, 9.17) is 4.42 Å². The van der Waals surface area contributed by atoms with E-state index in [1.807, 2.05) is 17.5 Å². The summed E-state index contributed by atoms with van der Waals surface area (Å²) in [5.41, 5.74) is 0.959. The minimum atomic E-state index is -2.93. The van der Waals surface area contributed by atoms with Gasteiger partial charge in [-0.1, -0.05) is 24.3 Å². The minimum Gasteiger partial charge on any atom is -0.443 e. The van der Waals surface area contributed by atoms with Crippen LogP contribution in [0.2, 0.25) is 0 Å². The predicted molar refractivity (Wildman–Crippen MR) is 93.8 cm³/mol. The topological polar surface area (TPSA) is 64.4 Å². The molecule has 1 N–H and O–H groups in total. The van der Waals surface area contributed by atoms with Gasteiger partial charge in [0.05, 0.1) is 17.1 Å². The van der Waals surface area contributed by atoms with E-state index >= 15 is 0 Å². The molecule has 2 heterocycles. The van der Waals surface area contributed by atoms with E-state index in [0.717, 1.165) is 4.88 Å². The molecule has 5 nitrogen and oxygen atoms in total. The molecule has 0 aliphatic carbocycles. The number of nitrogens with one attached hydrogen (secondary N) is 1. The Morgan fingerprint density at radius 3 is 2.92 bits per heavy atom. The molecule has 0 aliphatic heterocycles. The molecule has 8 heteroatoms. The van der Waals surface area contributed by atoms with Gasteiger partial charge >= 0.3 is 6.61 Å². The van der Waals surface area contributed by atoms with Gasteiger partial charge in [0.2, 0.25) is 11.8 Å². The molecule has 2 aromatic heterocycles. The van der Waals surface area contributed by atoms with E-state index in [9.17, 15) is 13.6 Å². The van der Waals surface area contributed by atoms with Crippen molar-refractivity contribution in [3.05, 3.63) is 65.4 Å². The lowest BCUT2D eigenvalue weighted by molar-refractivity contribution is -0.116. The Morgan fingerprint density at radius 1 is 1.31 bits per heavy atom. The van der Waals surface area contributed by atoms with Crippen LogP contribution in [-0.4, -0.2) is 17.5 Å². The molecule has 1 amide bonds. The normalized spacial score (nSPS) is 11.2. The molecule has 0 aliphatic rings. The van der Waals surface area contributed by atoms with Crippen molar-refractivity contribution < 1.29 is 22.7 Å². The van der Waals surface area contributed by atoms with Crippen molar-refractivity contribution in [2.24, 2.45) is 0 Å². The maximum Gasteiger partial charge on any atom is 0.387 e.